The molecule has 1 saturated heterocycles. The molecule has 17 heavy (non-hydrogen) atoms. The third-order valence-electron chi connectivity index (χ3n) is 3.19. The van der Waals surface area contributed by atoms with Crippen LogP contribution in [0.2, 0.25) is 0 Å². The van der Waals surface area contributed by atoms with Gasteiger partial charge in [0.25, 0.3) is 0 Å². The summed E-state index contributed by atoms with van der Waals surface area (Å²) < 4.78 is 1.14. The van der Waals surface area contributed by atoms with E-state index < -0.39 is 0 Å². The van der Waals surface area contributed by atoms with Gasteiger partial charge in [0, 0.05) is 42.4 Å². The zero-order valence-electron chi connectivity index (χ0n) is 10.5. The summed E-state index contributed by atoms with van der Waals surface area (Å²) in [6.45, 7) is 6.46. The van der Waals surface area contributed by atoms with Gasteiger partial charge in [0.15, 0.2) is 0 Å². The lowest BCUT2D eigenvalue weighted by Crippen LogP contribution is -2.51. The first-order chi connectivity index (χ1) is 8.15. The third kappa shape index (κ3) is 3.69. The third-order valence-corrected chi connectivity index (χ3v) is 3.68. The lowest BCUT2D eigenvalue weighted by molar-refractivity contribution is 0.244. The Balaban J connectivity index is 1.88. The van der Waals surface area contributed by atoms with E-state index in [2.05, 4.69) is 63.6 Å². The van der Waals surface area contributed by atoms with Crippen molar-refractivity contribution in [2.45, 2.75) is 13.0 Å². The van der Waals surface area contributed by atoms with Crippen molar-refractivity contribution in [2.75, 3.05) is 38.5 Å². The van der Waals surface area contributed by atoms with Crippen LogP contribution in [0, 0.1) is 6.92 Å². The van der Waals surface area contributed by atoms with Gasteiger partial charge >= 0.3 is 0 Å². The molecule has 4 heteroatoms. The molecule has 1 aromatic rings. The molecule has 1 aromatic carbocycles. The van der Waals surface area contributed by atoms with Crippen molar-refractivity contribution >= 4 is 21.6 Å². The van der Waals surface area contributed by atoms with Gasteiger partial charge in [-0.05, 0) is 37.7 Å². The van der Waals surface area contributed by atoms with Gasteiger partial charge in [-0.25, -0.2) is 0 Å². The fourth-order valence-electron chi connectivity index (χ4n) is 2.19. The number of piperazine rings is 1. The highest BCUT2D eigenvalue weighted by Crippen LogP contribution is 2.19. The van der Waals surface area contributed by atoms with Gasteiger partial charge in [-0.15, -0.1) is 0 Å². The van der Waals surface area contributed by atoms with Gasteiger partial charge in [-0.3, -0.25) is 0 Å². The summed E-state index contributed by atoms with van der Waals surface area (Å²) in [4.78, 5) is 2.37. The van der Waals surface area contributed by atoms with E-state index >= 15 is 0 Å². The van der Waals surface area contributed by atoms with Crippen LogP contribution in [0.15, 0.2) is 22.7 Å². The van der Waals surface area contributed by atoms with E-state index in [-0.39, 0.29) is 0 Å². The van der Waals surface area contributed by atoms with Crippen LogP contribution in [-0.4, -0.2) is 44.2 Å². The zero-order valence-corrected chi connectivity index (χ0v) is 12.0. The summed E-state index contributed by atoms with van der Waals surface area (Å²) >= 11 is 3.49. The smallest absolute Gasteiger partial charge is 0.0371 e. The average Bonchev–Trinajstić information content (AvgIpc) is 2.28. The van der Waals surface area contributed by atoms with Crippen molar-refractivity contribution < 1.29 is 0 Å². The first kappa shape index (κ1) is 12.9. The minimum atomic E-state index is 0.539. The second-order valence-electron chi connectivity index (χ2n) is 4.75. The van der Waals surface area contributed by atoms with E-state index in [9.17, 15) is 0 Å². The maximum absolute atomic E-state index is 3.54. The van der Waals surface area contributed by atoms with Gasteiger partial charge in [-0.2, -0.15) is 0 Å². The minimum absolute atomic E-state index is 0.539. The SMILES string of the molecule is Cc1cc(Br)ccc1NCC1CN(C)CCN1. The molecule has 0 aromatic heterocycles. The van der Waals surface area contributed by atoms with Crippen molar-refractivity contribution in [3.63, 3.8) is 0 Å². The van der Waals surface area contributed by atoms with Crippen LogP contribution in [0.1, 0.15) is 5.56 Å². The number of aryl methyl sites for hydroxylation is 1. The van der Waals surface area contributed by atoms with Crippen molar-refractivity contribution in [3.05, 3.63) is 28.2 Å². The maximum atomic E-state index is 3.54. The molecule has 0 saturated carbocycles. The molecule has 1 fully saturated rings. The van der Waals surface area contributed by atoms with Crippen LogP contribution in [0.3, 0.4) is 0 Å². The first-order valence-corrected chi connectivity index (χ1v) is 6.86. The summed E-state index contributed by atoms with van der Waals surface area (Å²) in [5.41, 5.74) is 2.51. The summed E-state index contributed by atoms with van der Waals surface area (Å²) in [6, 6.07) is 6.89. The number of anilines is 1. The Morgan fingerprint density at radius 1 is 1.53 bits per heavy atom. The molecule has 0 spiro atoms. The maximum Gasteiger partial charge on any atom is 0.0371 e. The monoisotopic (exact) mass is 297 g/mol. The number of halogens is 1. The van der Waals surface area contributed by atoms with E-state index in [1.165, 1.54) is 11.3 Å². The normalized spacial score (nSPS) is 21.5. The average molecular weight is 298 g/mol. The Hall–Kier alpha value is -0.580. The minimum Gasteiger partial charge on any atom is -0.383 e. The van der Waals surface area contributed by atoms with Crippen LogP contribution in [0.25, 0.3) is 0 Å². The molecule has 1 unspecified atom stereocenters. The number of nitrogens with zero attached hydrogens (tertiary/aromatic N) is 1. The molecule has 1 atom stereocenters. The van der Waals surface area contributed by atoms with Crippen molar-refractivity contribution in [2.24, 2.45) is 0 Å². The largest absolute Gasteiger partial charge is 0.383 e. The number of rotatable bonds is 3. The highest BCUT2D eigenvalue weighted by molar-refractivity contribution is 9.10. The molecular weight excluding hydrogens is 278 g/mol. The molecule has 3 nitrogen and oxygen atoms in total. The molecule has 0 bridgehead atoms. The highest BCUT2D eigenvalue weighted by Gasteiger charge is 2.15. The summed E-state index contributed by atoms with van der Waals surface area (Å²) in [7, 11) is 2.18. The molecule has 94 valence electrons. The van der Waals surface area contributed by atoms with E-state index in [1.54, 1.807) is 0 Å². The van der Waals surface area contributed by atoms with E-state index in [0.29, 0.717) is 6.04 Å². The lowest BCUT2D eigenvalue weighted by atomic mass is 10.1. The van der Waals surface area contributed by atoms with Crippen molar-refractivity contribution in [1.82, 2.24) is 10.2 Å². The van der Waals surface area contributed by atoms with Gasteiger partial charge in [0.05, 0.1) is 0 Å². The van der Waals surface area contributed by atoms with Crippen LogP contribution in [0.4, 0.5) is 5.69 Å². The Labute approximate surface area is 112 Å². The second-order valence-corrected chi connectivity index (χ2v) is 5.67. The highest BCUT2D eigenvalue weighted by atomic mass is 79.9. The zero-order chi connectivity index (χ0) is 12.3. The summed E-state index contributed by atoms with van der Waals surface area (Å²) in [5.74, 6) is 0. The van der Waals surface area contributed by atoms with Gasteiger partial charge in [0.2, 0.25) is 0 Å². The van der Waals surface area contributed by atoms with Crippen LogP contribution in [-0.2, 0) is 0 Å². The molecule has 0 aliphatic carbocycles. The quantitative estimate of drug-likeness (QED) is 0.894. The Kier molecular flexibility index (Phi) is 4.42. The Bertz CT molecular complexity index is 381. The van der Waals surface area contributed by atoms with E-state index in [0.717, 1.165) is 30.7 Å². The summed E-state index contributed by atoms with van der Waals surface area (Å²) in [5, 5.41) is 7.06. The van der Waals surface area contributed by atoms with E-state index in [4.69, 9.17) is 0 Å². The number of nitrogens with one attached hydrogen (secondary N) is 2. The number of likely N-dealkylation sites (N-methyl/N-ethyl adjacent to an activating group) is 1. The molecule has 1 heterocycles. The topological polar surface area (TPSA) is 27.3 Å². The fraction of sp³-hybridized carbons (Fsp3) is 0.538. The fourth-order valence-corrected chi connectivity index (χ4v) is 2.66. The molecule has 1 aliphatic rings. The predicted octanol–water partition coefficient (Wildman–Crippen LogP) is 2.07. The van der Waals surface area contributed by atoms with Crippen LogP contribution >= 0.6 is 15.9 Å². The number of hydrogen-bond donors (Lipinski definition) is 2. The Morgan fingerprint density at radius 3 is 3.06 bits per heavy atom. The molecule has 1 aliphatic heterocycles. The van der Waals surface area contributed by atoms with Crippen molar-refractivity contribution in [3.8, 4) is 0 Å². The van der Waals surface area contributed by atoms with Crippen LogP contribution in [0.5, 0.6) is 0 Å². The van der Waals surface area contributed by atoms with Gasteiger partial charge in [0.1, 0.15) is 0 Å². The molecule has 0 amide bonds. The molecule has 2 N–H and O–H groups in total. The van der Waals surface area contributed by atoms with E-state index in [1.807, 2.05) is 0 Å². The first-order valence-electron chi connectivity index (χ1n) is 6.07. The Morgan fingerprint density at radius 2 is 2.35 bits per heavy atom. The van der Waals surface area contributed by atoms with Gasteiger partial charge < -0.3 is 15.5 Å². The second kappa shape index (κ2) is 5.85. The standard InChI is InChI=1S/C13H20BrN3/c1-10-7-11(14)3-4-13(10)16-8-12-9-17(2)6-5-15-12/h3-4,7,12,15-16H,5-6,8-9H2,1-2H3. The number of benzene rings is 1. The van der Waals surface area contributed by atoms with Crippen molar-refractivity contribution in [1.29, 1.82) is 0 Å². The molecule has 0 radical (unpaired) electrons. The molecular formula is C13H20BrN3. The number of hydrogen-bond acceptors (Lipinski definition) is 3. The van der Waals surface area contributed by atoms with Crippen LogP contribution < -0.4 is 10.6 Å². The summed E-state index contributed by atoms with van der Waals surface area (Å²) in [6.07, 6.45) is 0. The molecule has 2 rings (SSSR count). The lowest BCUT2D eigenvalue weighted by Gasteiger charge is -2.31. The predicted molar refractivity (Wildman–Crippen MR) is 76.7 cm³/mol. The van der Waals surface area contributed by atoms with Gasteiger partial charge in [-0.1, -0.05) is 15.9 Å².